The first-order chi connectivity index (χ1) is 10.4. The first-order valence-electron chi connectivity index (χ1n) is 7.88. The zero-order chi connectivity index (χ0) is 17.8. The summed E-state index contributed by atoms with van der Waals surface area (Å²) in [6.07, 6.45) is -5.22. The van der Waals surface area contributed by atoms with Gasteiger partial charge in [0.25, 0.3) is 0 Å². The Hall–Kier alpha value is -1.02. The van der Waals surface area contributed by atoms with E-state index in [2.05, 4.69) is 5.32 Å². The smallest absolute Gasteiger partial charge is 0.415 e. The summed E-state index contributed by atoms with van der Waals surface area (Å²) in [5, 5.41) is 11.7. The van der Waals surface area contributed by atoms with Crippen molar-refractivity contribution in [1.82, 2.24) is 10.2 Å². The number of likely N-dealkylation sites (tertiary alicyclic amines) is 1. The first kappa shape index (κ1) is 20.0. The Labute approximate surface area is 135 Å². The van der Waals surface area contributed by atoms with Crippen LogP contribution < -0.4 is 5.32 Å². The van der Waals surface area contributed by atoms with Crippen LogP contribution in [-0.2, 0) is 4.74 Å². The lowest BCUT2D eigenvalue weighted by Gasteiger charge is -2.30. The van der Waals surface area contributed by atoms with Gasteiger partial charge in [0.05, 0.1) is 0 Å². The first-order valence-corrected chi connectivity index (χ1v) is 7.88. The SMILES string of the molecule is CC(CC1CCCN1C(=O)OC(C)(C)C)NCC(O)C(F)(F)F. The molecule has 0 aromatic rings. The maximum absolute atomic E-state index is 12.3. The van der Waals surface area contributed by atoms with E-state index >= 15 is 0 Å². The van der Waals surface area contributed by atoms with Gasteiger partial charge in [-0.3, -0.25) is 0 Å². The predicted octanol–water partition coefficient (Wildman–Crippen LogP) is 2.68. The van der Waals surface area contributed by atoms with Crippen LogP contribution in [0.3, 0.4) is 0 Å². The van der Waals surface area contributed by atoms with E-state index in [-0.39, 0.29) is 18.2 Å². The fourth-order valence-corrected chi connectivity index (χ4v) is 2.56. The number of rotatable bonds is 5. The molecule has 1 rings (SSSR count). The van der Waals surface area contributed by atoms with Crippen LogP contribution in [0.4, 0.5) is 18.0 Å². The topological polar surface area (TPSA) is 61.8 Å². The molecule has 0 aromatic heterocycles. The molecule has 1 heterocycles. The second kappa shape index (κ2) is 7.70. The van der Waals surface area contributed by atoms with E-state index in [1.807, 2.05) is 0 Å². The summed E-state index contributed by atoms with van der Waals surface area (Å²) in [4.78, 5) is 13.8. The van der Waals surface area contributed by atoms with Gasteiger partial charge in [-0.2, -0.15) is 13.2 Å². The van der Waals surface area contributed by atoms with Crippen molar-refractivity contribution in [3.8, 4) is 0 Å². The number of aliphatic hydroxyl groups excluding tert-OH is 1. The molecule has 136 valence electrons. The molecule has 3 atom stereocenters. The molecule has 1 aliphatic rings. The number of ether oxygens (including phenoxy) is 1. The second-order valence-electron chi connectivity index (χ2n) is 7.07. The average Bonchev–Trinajstić information content (AvgIpc) is 2.80. The van der Waals surface area contributed by atoms with E-state index in [0.717, 1.165) is 12.8 Å². The van der Waals surface area contributed by atoms with Gasteiger partial charge >= 0.3 is 12.3 Å². The number of hydrogen-bond acceptors (Lipinski definition) is 4. The number of aliphatic hydroxyl groups is 1. The number of amides is 1. The number of hydrogen-bond donors (Lipinski definition) is 2. The molecule has 8 heteroatoms. The summed E-state index contributed by atoms with van der Waals surface area (Å²) in [6, 6.07) is -0.310. The maximum atomic E-state index is 12.3. The van der Waals surface area contributed by atoms with Crippen molar-refractivity contribution >= 4 is 6.09 Å². The van der Waals surface area contributed by atoms with Crippen LogP contribution in [-0.4, -0.2) is 59.2 Å². The van der Waals surface area contributed by atoms with Crippen LogP contribution in [0.15, 0.2) is 0 Å². The van der Waals surface area contributed by atoms with Crippen LogP contribution >= 0.6 is 0 Å². The molecule has 5 nitrogen and oxygen atoms in total. The highest BCUT2D eigenvalue weighted by atomic mass is 19.4. The van der Waals surface area contributed by atoms with Crippen LogP contribution in [0.1, 0.15) is 47.0 Å². The molecular weight excluding hydrogens is 313 g/mol. The minimum atomic E-state index is -4.62. The minimum Gasteiger partial charge on any atom is -0.444 e. The number of carbonyl (C=O) groups is 1. The molecule has 0 bridgehead atoms. The van der Waals surface area contributed by atoms with Gasteiger partial charge in [0.15, 0.2) is 6.10 Å². The molecule has 0 saturated carbocycles. The third kappa shape index (κ3) is 6.95. The molecule has 3 unspecified atom stereocenters. The van der Waals surface area contributed by atoms with Crippen molar-refractivity contribution in [2.45, 2.75) is 76.9 Å². The predicted molar refractivity (Wildman–Crippen MR) is 80.1 cm³/mol. The van der Waals surface area contributed by atoms with Crippen molar-refractivity contribution in [1.29, 1.82) is 0 Å². The molecule has 23 heavy (non-hydrogen) atoms. The van der Waals surface area contributed by atoms with Crippen molar-refractivity contribution in [3.63, 3.8) is 0 Å². The highest BCUT2D eigenvalue weighted by molar-refractivity contribution is 5.68. The Morgan fingerprint density at radius 3 is 2.52 bits per heavy atom. The van der Waals surface area contributed by atoms with Crippen molar-refractivity contribution in [2.24, 2.45) is 0 Å². The van der Waals surface area contributed by atoms with Crippen molar-refractivity contribution in [3.05, 3.63) is 0 Å². The number of carbonyl (C=O) groups excluding carboxylic acids is 1. The van der Waals surface area contributed by atoms with Gasteiger partial charge in [-0.25, -0.2) is 4.79 Å². The standard InChI is InChI=1S/C15H27F3N2O3/c1-10(19-9-12(21)15(16,17)18)8-11-6-5-7-20(11)13(22)23-14(2,3)4/h10-12,19,21H,5-9H2,1-4H3. The largest absolute Gasteiger partial charge is 0.444 e. The number of nitrogens with one attached hydrogen (secondary N) is 1. The zero-order valence-electron chi connectivity index (χ0n) is 14.1. The molecule has 0 radical (unpaired) electrons. The molecular formula is C15H27F3N2O3. The highest BCUT2D eigenvalue weighted by Crippen LogP contribution is 2.24. The molecule has 0 spiro atoms. The van der Waals surface area contributed by atoms with Gasteiger partial charge in [-0.1, -0.05) is 0 Å². The third-order valence-electron chi connectivity index (χ3n) is 3.67. The van der Waals surface area contributed by atoms with E-state index in [1.165, 1.54) is 0 Å². The fraction of sp³-hybridized carbons (Fsp3) is 0.933. The Bertz CT molecular complexity index is 396. The van der Waals surface area contributed by atoms with Crippen LogP contribution in [0.25, 0.3) is 0 Å². The Morgan fingerprint density at radius 1 is 1.39 bits per heavy atom. The zero-order valence-corrected chi connectivity index (χ0v) is 14.1. The monoisotopic (exact) mass is 340 g/mol. The van der Waals surface area contributed by atoms with Crippen molar-refractivity contribution in [2.75, 3.05) is 13.1 Å². The van der Waals surface area contributed by atoms with Crippen LogP contribution in [0.5, 0.6) is 0 Å². The lowest BCUT2D eigenvalue weighted by Crippen LogP contribution is -2.45. The van der Waals surface area contributed by atoms with Crippen LogP contribution in [0, 0.1) is 0 Å². The molecule has 0 aliphatic carbocycles. The number of halogens is 3. The van der Waals surface area contributed by atoms with Gasteiger partial charge < -0.3 is 20.1 Å². The lowest BCUT2D eigenvalue weighted by atomic mass is 10.1. The Balaban J connectivity index is 2.47. The van der Waals surface area contributed by atoms with Gasteiger partial charge in [-0.05, 0) is 47.0 Å². The molecule has 0 aromatic carbocycles. The molecule has 1 fully saturated rings. The summed E-state index contributed by atoms with van der Waals surface area (Å²) < 4.78 is 42.2. The summed E-state index contributed by atoms with van der Waals surface area (Å²) >= 11 is 0. The quantitative estimate of drug-likeness (QED) is 0.808. The van der Waals surface area contributed by atoms with Gasteiger partial charge in [-0.15, -0.1) is 0 Å². The summed E-state index contributed by atoms with van der Waals surface area (Å²) in [7, 11) is 0. The van der Waals surface area contributed by atoms with E-state index < -0.39 is 24.4 Å². The number of nitrogens with zero attached hydrogens (tertiary/aromatic N) is 1. The molecule has 1 aliphatic heterocycles. The van der Waals surface area contributed by atoms with Crippen molar-refractivity contribution < 1.29 is 27.8 Å². The third-order valence-corrected chi connectivity index (χ3v) is 3.67. The van der Waals surface area contributed by atoms with E-state index in [1.54, 1.807) is 32.6 Å². The second-order valence-corrected chi connectivity index (χ2v) is 7.07. The summed E-state index contributed by atoms with van der Waals surface area (Å²) in [5.74, 6) is 0. The normalized spacial score (nSPS) is 22.1. The summed E-state index contributed by atoms with van der Waals surface area (Å²) in [5.41, 5.74) is -0.578. The average molecular weight is 340 g/mol. The maximum Gasteiger partial charge on any atom is 0.415 e. The number of alkyl halides is 3. The van der Waals surface area contributed by atoms with Gasteiger partial charge in [0.2, 0.25) is 0 Å². The van der Waals surface area contributed by atoms with E-state index in [4.69, 9.17) is 9.84 Å². The minimum absolute atomic E-state index is 0.0598. The van der Waals surface area contributed by atoms with E-state index in [0.29, 0.717) is 13.0 Å². The Morgan fingerprint density at radius 2 is 2.00 bits per heavy atom. The lowest BCUT2D eigenvalue weighted by molar-refractivity contribution is -0.202. The highest BCUT2D eigenvalue weighted by Gasteiger charge is 2.38. The molecule has 1 saturated heterocycles. The van der Waals surface area contributed by atoms with Gasteiger partial charge in [0, 0.05) is 25.2 Å². The molecule has 1 amide bonds. The fourth-order valence-electron chi connectivity index (χ4n) is 2.56. The van der Waals surface area contributed by atoms with E-state index in [9.17, 15) is 18.0 Å². The summed E-state index contributed by atoms with van der Waals surface area (Å²) in [6.45, 7) is 7.16. The Kier molecular flexibility index (Phi) is 6.70. The molecule has 2 N–H and O–H groups in total. The van der Waals surface area contributed by atoms with Gasteiger partial charge in [0.1, 0.15) is 5.60 Å². The van der Waals surface area contributed by atoms with Crippen LogP contribution in [0.2, 0.25) is 0 Å².